The molecule has 0 spiro atoms. The van der Waals surface area contributed by atoms with Gasteiger partial charge in [0.25, 0.3) is 5.91 Å². The van der Waals surface area contributed by atoms with Crippen molar-refractivity contribution in [1.29, 1.82) is 5.26 Å². The molecular weight excluding hydrogens is 571 g/mol. The van der Waals surface area contributed by atoms with Gasteiger partial charge in [-0.1, -0.05) is 11.6 Å². The number of nitrogens with one attached hydrogen (secondary N) is 1. The summed E-state index contributed by atoms with van der Waals surface area (Å²) >= 11 is 6.05. The molecule has 1 saturated heterocycles. The average Bonchev–Trinajstić information content (AvgIpc) is 3.48. The van der Waals surface area contributed by atoms with Crippen molar-refractivity contribution in [3.05, 3.63) is 87.4 Å². The Hall–Kier alpha value is -4.07. The van der Waals surface area contributed by atoms with E-state index in [1.54, 1.807) is 18.2 Å². The molecule has 0 saturated carbocycles. The summed E-state index contributed by atoms with van der Waals surface area (Å²) in [7, 11) is 0. The summed E-state index contributed by atoms with van der Waals surface area (Å²) in [4.78, 5) is 28.3. The van der Waals surface area contributed by atoms with Crippen LogP contribution in [0.15, 0.2) is 54.6 Å². The van der Waals surface area contributed by atoms with Crippen LogP contribution < -0.4 is 14.8 Å². The van der Waals surface area contributed by atoms with Gasteiger partial charge in [0.1, 0.15) is 11.5 Å². The molecule has 7 nitrogen and oxygen atoms in total. The predicted octanol–water partition coefficient (Wildman–Crippen LogP) is 6.65. The molecule has 4 rings (SSSR count). The zero-order valence-corrected chi connectivity index (χ0v) is 23.6. The second-order valence-electron chi connectivity index (χ2n) is 9.94. The minimum absolute atomic E-state index is 0.0510. The Labute approximate surface area is 246 Å². The molecule has 0 aromatic heterocycles. The van der Waals surface area contributed by atoms with E-state index in [-0.39, 0.29) is 27.5 Å². The minimum atomic E-state index is -4.76. The summed E-state index contributed by atoms with van der Waals surface area (Å²) in [5, 5.41) is 12.0. The quantitative estimate of drug-likeness (QED) is 0.196. The van der Waals surface area contributed by atoms with Crippen molar-refractivity contribution in [2.45, 2.75) is 32.4 Å². The fourth-order valence-electron chi connectivity index (χ4n) is 4.63. The van der Waals surface area contributed by atoms with Crippen LogP contribution in [0.3, 0.4) is 0 Å². The van der Waals surface area contributed by atoms with Gasteiger partial charge in [-0.25, -0.2) is 0 Å². The summed E-state index contributed by atoms with van der Waals surface area (Å²) in [6, 6.07) is 13.3. The topological polar surface area (TPSA) is 91.7 Å². The lowest BCUT2D eigenvalue weighted by atomic mass is 9.98. The molecule has 0 radical (unpaired) electrons. The fourth-order valence-corrected chi connectivity index (χ4v) is 4.80. The van der Waals surface area contributed by atoms with Gasteiger partial charge in [-0.3, -0.25) is 9.59 Å². The number of hydrogen-bond donors (Lipinski definition) is 1. The van der Waals surface area contributed by atoms with Gasteiger partial charge in [0.2, 0.25) is 0 Å². The van der Waals surface area contributed by atoms with E-state index in [0.29, 0.717) is 30.2 Å². The number of amides is 1. The van der Waals surface area contributed by atoms with E-state index in [1.165, 1.54) is 31.0 Å². The van der Waals surface area contributed by atoms with Crippen LogP contribution in [0.25, 0.3) is 0 Å². The van der Waals surface area contributed by atoms with Gasteiger partial charge in [-0.05, 0) is 99.4 Å². The molecule has 1 heterocycles. The lowest BCUT2D eigenvalue weighted by molar-refractivity contribution is -0.137. The van der Waals surface area contributed by atoms with E-state index in [1.807, 2.05) is 13.0 Å². The van der Waals surface area contributed by atoms with E-state index in [2.05, 4.69) is 10.2 Å². The molecule has 1 amide bonds. The number of anilines is 1. The number of carbonyl (C=O) groups is 2. The fraction of sp³-hybridized carbons (Fsp3) is 0.323. The van der Waals surface area contributed by atoms with Gasteiger partial charge < -0.3 is 19.7 Å². The summed E-state index contributed by atoms with van der Waals surface area (Å²) in [5.74, 6) is -0.717. The van der Waals surface area contributed by atoms with Crippen LogP contribution in [-0.2, 0) is 11.0 Å². The van der Waals surface area contributed by atoms with Crippen molar-refractivity contribution >= 4 is 29.0 Å². The molecule has 0 atom stereocenters. The highest BCUT2D eigenvalue weighted by Crippen LogP contribution is 2.32. The van der Waals surface area contributed by atoms with E-state index >= 15 is 0 Å². The minimum Gasteiger partial charge on any atom is -0.494 e. The van der Waals surface area contributed by atoms with Gasteiger partial charge in [0.15, 0.2) is 12.4 Å². The standard InChI is InChI=1S/C31H29ClF3N3O4/c1-20-13-25(41-12-4-11-38-9-2-3-10-38)6-7-27(20)37-29(39)19-42-28-8-5-24(32)17-26(28)30(40)22-14-21(18-36)15-23(16-22)31(33,34)35/h5-8,13-17H,2-4,9-12,19H2,1H3,(H,37,39). The molecule has 3 aromatic carbocycles. The number of nitriles is 1. The average molecular weight is 600 g/mol. The number of ether oxygens (including phenoxy) is 2. The van der Waals surface area contributed by atoms with Crippen molar-refractivity contribution in [1.82, 2.24) is 4.90 Å². The number of aryl methyl sites for hydroxylation is 1. The number of benzene rings is 3. The van der Waals surface area contributed by atoms with E-state index in [9.17, 15) is 22.8 Å². The molecule has 0 unspecified atom stereocenters. The van der Waals surface area contributed by atoms with Crippen molar-refractivity contribution in [2.24, 2.45) is 0 Å². The molecule has 220 valence electrons. The molecule has 11 heteroatoms. The smallest absolute Gasteiger partial charge is 0.416 e. The first kappa shape index (κ1) is 30.9. The lowest BCUT2D eigenvalue weighted by Crippen LogP contribution is -2.22. The summed E-state index contributed by atoms with van der Waals surface area (Å²) in [5.41, 5.74) is -0.657. The number of ketones is 1. The lowest BCUT2D eigenvalue weighted by Gasteiger charge is -2.15. The molecule has 0 bridgehead atoms. The number of likely N-dealkylation sites (tertiary alicyclic amines) is 1. The number of alkyl halides is 3. The molecule has 1 aliphatic heterocycles. The molecular formula is C31H29ClF3N3O4. The molecule has 42 heavy (non-hydrogen) atoms. The van der Waals surface area contributed by atoms with Gasteiger partial charge in [-0.2, -0.15) is 18.4 Å². The third kappa shape index (κ3) is 8.24. The predicted molar refractivity (Wildman–Crippen MR) is 152 cm³/mol. The van der Waals surface area contributed by atoms with Crippen LogP contribution in [0.4, 0.5) is 18.9 Å². The van der Waals surface area contributed by atoms with Crippen LogP contribution in [0, 0.1) is 18.3 Å². The van der Waals surface area contributed by atoms with Crippen molar-refractivity contribution < 1.29 is 32.2 Å². The zero-order valence-electron chi connectivity index (χ0n) is 22.9. The van der Waals surface area contributed by atoms with Gasteiger partial charge >= 0.3 is 6.18 Å². The zero-order chi connectivity index (χ0) is 30.3. The van der Waals surface area contributed by atoms with Crippen molar-refractivity contribution in [3.63, 3.8) is 0 Å². The Balaban J connectivity index is 1.38. The maximum Gasteiger partial charge on any atom is 0.416 e. The largest absolute Gasteiger partial charge is 0.494 e. The Morgan fingerprint density at radius 1 is 1.05 bits per heavy atom. The number of hydrogen-bond acceptors (Lipinski definition) is 6. The molecule has 1 aliphatic rings. The van der Waals surface area contributed by atoms with Crippen LogP contribution >= 0.6 is 11.6 Å². The highest BCUT2D eigenvalue weighted by atomic mass is 35.5. The third-order valence-corrected chi connectivity index (χ3v) is 6.99. The monoisotopic (exact) mass is 599 g/mol. The number of carbonyl (C=O) groups excluding carboxylic acids is 2. The summed E-state index contributed by atoms with van der Waals surface area (Å²) in [6.07, 6.45) is -1.33. The maximum absolute atomic E-state index is 13.3. The van der Waals surface area contributed by atoms with Gasteiger partial charge in [-0.15, -0.1) is 0 Å². The van der Waals surface area contributed by atoms with Gasteiger partial charge in [0.05, 0.1) is 29.4 Å². The van der Waals surface area contributed by atoms with Crippen LogP contribution in [0.5, 0.6) is 11.5 Å². The highest BCUT2D eigenvalue weighted by Gasteiger charge is 2.32. The summed E-state index contributed by atoms with van der Waals surface area (Å²) in [6.45, 7) is 5.23. The first-order chi connectivity index (χ1) is 20.0. The normalized spacial score (nSPS) is 13.4. The van der Waals surface area contributed by atoms with Crippen molar-refractivity contribution in [2.75, 3.05) is 38.2 Å². The molecule has 0 aliphatic carbocycles. The van der Waals surface area contributed by atoms with Crippen LogP contribution in [-0.4, -0.2) is 49.4 Å². The number of rotatable bonds is 11. The Morgan fingerprint density at radius 3 is 2.50 bits per heavy atom. The first-order valence-electron chi connectivity index (χ1n) is 13.4. The second-order valence-corrected chi connectivity index (χ2v) is 10.4. The van der Waals surface area contributed by atoms with E-state index in [4.69, 9.17) is 26.3 Å². The Kier molecular flexibility index (Phi) is 10.1. The van der Waals surface area contributed by atoms with Crippen LogP contribution in [0.2, 0.25) is 5.02 Å². The number of halogens is 4. The third-order valence-electron chi connectivity index (χ3n) is 6.75. The first-order valence-corrected chi connectivity index (χ1v) is 13.8. The maximum atomic E-state index is 13.3. The SMILES string of the molecule is Cc1cc(OCCCN2CCCC2)ccc1NC(=O)COc1ccc(Cl)cc1C(=O)c1cc(C#N)cc(C(F)(F)F)c1. The van der Waals surface area contributed by atoms with E-state index in [0.717, 1.165) is 37.7 Å². The highest BCUT2D eigenvalue weighted by molar-refractivity contribution is 6.31. The van der Waals surface area contributed by atoms with Gasteiger partial charge in [0, 0.05) is 22.8 Å². The van der Waals surface area contributed by atoms with Crippen LogP contribution in [0.1, 0.15) is 51.9 Å². The van der Waals surface area contributed by atoms with E-state index < -0.39 is 30.0 Å². The Morgan fingerprint density at radius 2 is 1.81 bits per heavy atom. The van der Waals surface area contributed by atoms with Crippen molar-refractivity contribution in [3.8, 4) is 17.6 Å². The molecule has 1 N–H and O–H groups in total. The molecule has 3 aromatic rings. The Bertz CT molecular complexity index is 1500. The number of nitrogens with zero attached hydrogens (tertiary/aromatic N) is 2. The second kappa shape index (κ2) is 13.7. The summed E-state index contributed by atoms with van der Waals surface area (Å²) < 4.78 is 51.4. The molecule has 1 fully saturated rings.